The lowest BCUT2D eigenvalue weighted by molar-refractivity contribution is 0.0538. The summed E-state index contributed by atoms with van der Waals surface area (Å²) >= 11 is 5.92. The number of amides is 1. The fourth-order valence-corrected chi connectivity index (χ4v) is 2.71. The van der Waals surface area contributed by atoms with E-state index in [1.807, 2.05) is 0 Å². The highest BCUT2D eigenvalue weighted by Gasteiger charge is 2.17. The molecule has 10 nitrogen and oxygen atoms in total. The van der Waals surface area contributed by atoms with Crippen molar-refractivity contribution in [1.82, 2.24) is 15.4 Å². The van der Waals surface area contributed by atoms with Gasteiger partial charge in [-0.15, -0.1) is 0 Å². The molecule has 2 heterocycles. The third-order valence-corrected chi connectivity index (χ3v) is 4.76. The lowest BCUT2D eigenvalue weighted by Crippen LogP contribution is -2.23. The minimum atomic E-state index is -3.60. The molecular weight excluding hydrogens is 398 g/mol. The van der Waals surface area contributed by atoms with Gasteiger partial charge in [-0.2, -0.15) is 4.98 Å². The van der Waals surface area contributed by atoms with Gasteiger partial charge in [0, 0.05) is 12.3 Å². The number of anilines is 3. The average molecular weight is 416 g/mol. The number of pyridine rings is 2. The summed E-state index contributed by atoms with van der Waals surface area (Å²) in [5.41, 5.74) is 2.86. The fourth-order valence-electron chi connectivity index (χ4n) is 1.96. The summed E-state index contributed by atoms with van der Waals surface area (Å²) in [4.78, 5) is 24.7. The number of methoxy groups -OCH3 is 1. The number of carbonyl (C=O) groups excluding carboxylic acids is 1. The third-order valence-electron chi connectivity index (χ3n) is 3.29. The second-order valence-electron chi connectivity index (χ2n) is 5.07. The maximum Gasteiger partial charge on any atom is 0.278 e. The Balaban J connectivity index is 2.48. The molecule has 146 valence electrons. The van der Waals surface area contributed by atoms with Crippen molar-refractivity contribution in [3.05, 3.63) is 35.1 Å². The average Bonchev–Trinajstić information content (AvgIpc) is 2.63. The number of aromatic nitrogens is 2. The zero-order valence-corrected chi connectivity index (χ0v) is 16.3. The number of rotatable bonds is 8. The third kappa shape index (κ3) is 5.42. The molecule has 1 amide bonds. The molecule has 0 spiro atoms. The molecule has 3 N–H and O–H groups in total. The van der Waals surface area contributed by atoms with E-state index in [0.717, 1.165) is 0 Å². The van der Waals surface area contributed by atoms with Crippen LogP contribution in [0.4, 0.5) is 17.2 Å². The Morgan fingerprint density at radius 1 is 1.26 bits per heavy atom. The van der Waals surface area contributed by atoms with Gasteiger partial charge in [0.1, 0.15) is 5.15 Å². The van der Waals surface area contributed by atoms with Crippen molar-refractivity contribution in [2.45, 2.75) is 6.92 Å². The van der Waals surface area contributed by atoms with Crippen molar-refractivity contribution in [2.75, 3.05) is 30.0 Å². The number of halogens is 1. The van der Waals surface area contributed by atoms with Gasteiger partial charge in [0.15, 0.2) is 5.82 Å². The van der Waals surface area contributed by atoms with Crippen LogP contribution in [0, 0.1) is 0 Å². The first kappa shape index (κ1) is 20.7. The van der Waals surface area contributed by atoms with E-state index in [9.17, 15) is 13.2 Å². The van der Waals surface area contributed by atoms with Gasteiger partial charge >= 0.3 is 0 Å². The van der Waals surface area contributed by atoms with Crippen molar-refractivity contribution in [3.63, 3.8) is 0 Å². The van der Waals surface area contributed by atoms with E-state index in [1.54, 1.807) is 6.07 Å². The van der Waals surface area contributed by atoms with Crippen LogP contribution >= 0.6 is 11.6 Å². The Morgan fingerprint density at radius 3 is 2.63 bits per heavy atom. The molecule has 2 aromatic heterocycles. The molecule has 27 heavy (non-hydrogen) atoms. The van der Waals surface area contributed by atoms with Gasteiger partial charge in [-0.3, -0.25) is 14.4 Å². The molecule has 2 rings (SSSR count). The zero-order chi connectivity index (χ0) is 20.0. The van der Waals surface area contributed by atoms with Crippen LogP contribution < -0.4 is 20.3 Å². The molecule has 0 aromatic carbocycles. The number of ether oxygens (including phenoxy) is 1. The molecule has 0 unspecified atom stereocenters. The number of hydrogen-bond donors (Lipinski definition) is 3. The van der Waals surface area contributed by atoms with Crippen LogP contribution in [0.15, 0.2) is 24.4 Å². The van der Waals surface area contributed by atoms with E-state index in [4.69, 9.17) is 16.3 Å². The van der Waals surface area contributed by atoms with Crippen LogP contribution in [0.3, 0.4) is 0 Å². The SMILES string of the molecule is CCS(=O)(=O)Nc1nc(OC)ccc1Nc1cc(Cl)ncc1C(=O)NOC. The summed E-state index contributed by atoms with van der Waals surface area (Å²) < 4.78 is 31.3. The minimum absolute atomic E-state index is 0.00207. The van der Waals surface area contributed by atoms with E-state index in [-0.39, 0.29) is 39.5 Å². The van der Waals surface area contributed by atoms with E-state index in [1.165, 1.54) is 39.5 Å². The quantitative estimate of drug-likeness (QED) is 0.440. The first-order chi connectivity index (χ1) is 12.8. The van der Waals surface area contributed by atoms with Crippen LogP contribution in [-0.2, 0) is 14.9 Å². The van der Waals surface area contributed by atoms with E-state index >= 15 is 0 Å². The van der Waals surface area contributed by atoms with Crippen molar-refractivity contribution in [2.24, 2.45) is 0 Å². The molecule has 0 saturated heterocycles. The predicted octanol–water partition coefficient (Wildman–Crippen LogP) is 1.93. The van der Waals surface area contributed by atoms with Crippen LogP contribution in [0.25, 0.3) is 0 Å². The molecule has 2 aromatic rings. The largest absolute Gasteiger partial charge is 0.481 e. The summed E-state index contributed by atoms with van der Waals surface area (Å²) in [5, 5.41) is 3.06. The number of sulfonamides is 1. The highest BCUT2D eigenvalue weighted by Crippen LogP contribution is 2.29. The first-order valence-corrected chi connectivity index (χ1v) is 9.64. The lowest BCUT2D eigenvalue weighted by atomic mass is 10.2. The number of nitrogens with zero attached hydrogens (tertiary/aromatic N) is 2. The molecule has 0 fully saturated rings. The van der Waals surface area contributed by atoms with Crippen molar-refractivity contribution >= 4 is 44.7 Å². The molecule has 0 bridgehead atoms. The maximum absolute atomic E-state index is 12.1. The highest BCUT2D eigenvalue weighted by atomic mass is 35.5. The molecule has 0 aliphatic heterocycles. The van der Waals surface area contributed by atoms with Gasteiger partial charge in [-0.25, -0.2) is 18.9 Å². The predicted molar refractivity (Wildman–Crippen MR) is 101 cm³/mol. The summed E-state index contributed by atoms with van der Waals surface area (Å²) in [5.74, 6) is -0.503. The van der Waals surface area contributed by atoms with E-state index in [0.29, 0.717) is 0 Å². The van der Waals surface area contributed by atoms with Gasteiger partial charge in [0.25, 0.3) is 5.91 Å². The molecule has 12 heteroatoms. The Labute approximate surface area is 161 Å². The normalized spacial score (nSPS) is 11.0. The van der Waals surface area contributed by atoms with Gasteiger partial charge in [-0.05, 0) is 19.1 Å². The summed E-state index contributed by atoms with van der Waals surface area (Å²) in [6.07, 6.45) is 1.26. The van der Waals surface area contributed by atoms with Crippen molar-refractivity contribution < 1.29 is 22.8 Å². The van der Waals surface area contributed by atoms with E-state index in [2.05, 4.69) is 30.3 Å². The fraction of sp³-hybridized carbons (Fsp3) is 0.267. The molecular formula is C15H18ClN5O5S. The molecule has 0 saturated carbocycles. The Hall–Kier alpha value is -2.63. The molecule has 0 aliphatic carbocycles. The van der Waals surface area contributed by atoms with Gasteiger partial charge in [0.2, 0.25) is 15.9 Å². The monoisotopic (exact) mass is 415 g/mol. The van der Waals surface area contributed by atoms with Crippen molar-refractivity contribution in [1.29, 1.82) is 0 Å². The van der Waals surface area contributed by atoms with Gasteiger partial charge < -0.3 is 10.1 Å². The smallest absolute Gasteiger partial charge is 0.278 e. The molecule has 0 atom stereocenters. The minimum Gasteiger partial charge on any atom is -0.481 e. The number of hydroxylamine groups is 1. The number of nitrogens with one attached hydrogen (secondary N) is 3. The Bertz CT molecular complexity index is 938. The second-order valence-corrected chi connectivity index (χ2v) is 7.47. The van der Waals surface area contributed by atoms with E-state index < -0.39 is 15.9 Å². The second kappa shape index (κ2) is 8.84. The molecule has 0 radical (unpaired) electrons. The number of hydrogen-bond acceptors (Lipinski definition) is 8. The topological polar surface area (TPSA) is 132 Å². The Kier molecular flexibility index (Phi) is 6.77. The van der Waals surface area contributed by atoms with Gasteiger partial charge in [0.05, 0.1) is 36.9 Å². The Morgan fingerprint density at radius 2 is 2.00 bits per heavy atom. The summed E-state index contributed by atoms with van der Waals surface area (Å²) in [6.45, 7) is 1.49. The van der Waals surface area contributed by atoms with Crippen LogP contribution in [0.1, 0.15) is 17.3 Å². The molecule has 0 aliphatic rings. The van der Waals surface area contributed by atoms with Crippen LogP contribution in [0.2, 0.25) is 5.15 Å². The van der Waals surface area contributed by atoms with Gasteiger partial charge in [-0.1, -0.05) is 11.6 Å². The standard InChI is InChI=1S/C15H18ClN5O5S/c1-4-27(23,24)21-14-10(5-6-13(19-14)25-2)18-11-7-12(16)17-8-9(11)15(22)20-26-3/h5-8H,4H2,1-3H3,(H,17,18)(H,19,21)(H,20,22). The summed E-state index contributed by atoms with van der Waals surface area (Å²) in [6, 6.07) is 4.49. The summed E-state index contributed by atoms with van der Waals surface area (Å²) in [7, 11) is -0.904. The number of carbonyl (C=O) groups is 1. The maximum atomic E-state index is 12.1. The van der Waals surface area contributed by atoms with Crippen molar-refractivity contribution in [3.8, 4) is 5.88 Å². The van der Waals surface area contributed by atoms with Crippen LogP contribution in [0.5, 0.6) is 5.88 Å². The highest BCUT2D eigenvalue weighted by molar-refractivity contribution is 7.92. The lowest BCUT2D eigenvalue weighted by Gasteiger charge is -2.16. The van der Waals surface area contributed by atoms with Crippen LogP contribution in [-0.4, -0.2) is 44.3 Å². The zero-order valence-electron chi connectivity index (χ0n) is 14.7. The first-order valence-electron chi connectivity index (χ1n) is 7.61.